The minimum Gasteiger partial charge on any atom is -0.451 e. The first kappa shape index (κ1) is 29.4. The molecule has 44 heavy (non-hydrogen) atoms. The van der Waals surface area contributed by atoms with E-state index in [-0.39, 0.29) is 21.5 Å². The van der Waals surface area contributed by atoms with Crippen LogP contribution in [0.2, 0.25) is 0 Å². The van der Waals surface area contributed by atoms with Crippen LogP contribution in [0.5, 0.6) is 5.88 Å². The second kappa shape index (κ2) is 12.5. The molecule has 0 saturated carbocycles. The molecule has 12 nitrogen and oxygen atoms in total. The molecule has 3 heterocycles. The van der Waals surface area contributed by atoms with Crippen LogP contribution in [-0.2, 0) is 14.6 Å². The first-order chi connectivity index (χ1) is 21.3. The van der Waals surface area contributed by atoms with Gasteiger partial charge in [-0.25, -0.2) is 18.4 Å². The fraction of sp³-hybridized carbons (Fsp3) is 0.233. The lowest BCUT2D eigenvalue weighted by molar-refractivity contribution is -0.832. The second-order valence-electron chi connectivity index (χ2n) is 10.2. The molecule has 14 heteroatoms. The number of benzene rings is 3. The molecule has 226 valence electrons. The molecule has 1 saturated heterocycles. The predicted octanol–water partition coefficient (Wildman–Crippen LogP) is 4.30. The Labute approximate surface area is 257 Å². The largest absolute Gasteiger partial charge is 0.451 e. The Bertz CT molecular complexity index is 1910. The summed E-state index contributed by atoms with van der Waals surface area (Å²) in [7, 11) is -4.22. The van der Waals surface area contributed by atoms with Gasteiger partial charge in [-0.2, -0.15) is 0 Å². The molecule has 6 rings (SSSR count). The minimum absolute atomic E-state index is 0.0791. The van der Waals surface area contributed by atoms with E-state index in [1.165, 1.54) is 23.9 Å². The molecule has 2 aromatic heterocycles. The second-order valence-corrected chi connectivity index (χ2v) is 13.0. The summed E-state index contributed by atoms with van der Waals surface area (Å²) in [5.74, 6) is 0.333. The van der Waals surface area contributed by atoms with Gasteiger partial charge < -0.3 is 20.2 Å². The third kappa shape index (κ3) is 6.31. The third-order valence-electron chi connectivity index (χ3n) is 7.12. The van der Waals surface area contributed by atoms with Crippen molar-refractivity contribution in [3.05, 3.63) is 89.6 Å². The van der Waals surface area contributed by atoms with Crippen LogP contribution in [0.1, 0.15) is 18.4 Å². The molecule has 0 atom stereocenters. The van der Waals surface area contributed by atoms with Crippen LogP contribution < -0.4 is 15.0 Å². The van der Waals surface area contributed by atoms with Gasteiger partial charge in [0.15, 0.2) is 5.16 Å². The maximum Gasteiger partial charge on any atom is 0.415 e. The number of anilines is 2. The van der Waals surface area contributed by atoms with Crippen molar-refractivity contribution >= 4 is 49.9 Å². The Morgan fingerprint density at radius 1 is 1.07 bits per heavy atom. The molecule has 3 aromatic carbocycles. The lowest BCUT2D eigenvalue weighted by atomic mass is 10.1. The highest BCUT2D eigenvalue weighted by atomic mass is 32.2. The van der Waals surface area contributed by atoms with Crippen molar-refractivity contribution in [2.45, 2.75) is 40.9 Å². The van der Waals surface area contributed by atoms with E-state index in [0.717, 1.165) is 22.2 Å². The lowest BCUT2D eigenvalue weighted by Gasteiger charge is -2.31. The van der Waals surface area contributed by atoms with E-state index in [4.69, 9.17) is 9.72 Å². The summed E-state index contributed by atoms with van der Waals surface area (Å²) >= 11 is 1.26. The van der Waals surface area contributed by atoms with Crippen LogP contribution in [0.15, 0.2) is 98.6 Å². The monoisotopic (exact) mass is 632 g/mol. The third-order valence-corrected chi connectivity index (χ3v) is 9.67. The zero-order valence-corrected chi connectivity index (χ0v) is 25.3. The number of hydrogen-bond donors (Lipinski definition) is 1. The highest BCUT2D eigenvalue weighted by Crippen LogP contribution is 2.29. The zero-order valence-electron chi connectivity index (χ0n) is 23.6. The number of thioether (sulfide) groups is 1. The van der Waals surface area contributed by atoms with E-state index in [1.54, 1.807) is 23.1 Å². The molecule has 0 spiro atoms. The maximum atomic E-state index is 13.1. The predicted molar refractivity (Wildman–Crippen MR) is 162 cm³/mol. The number of carbonyl (C=O) groups excluding carboxylic acids is 1. The van der Waals surface area contributed by atoms with Crippen molar-refractivity contribution in [3.8, 4) is 5.88 Å². The summed E-state index contributed by atoms with van der Waals surface area (Å²) in [6.45, 7) is 2.80. The summed E-state index contributed by atoms with van der Waals surface area (Å²) in [5, 5.41) is 19.8. The molecular formula is C30H28N6O6S2. The number of hydrogen-bond acceptors (Lipinski definition) is 11. The Morgan fingerprint density at radius 2 is 1.82 bits per heavy atom. The molecule has 0 bridgehead atoms. The first-order valence-electron chi connectivity index (χ1n) is 13.9. The summed E-state index contributed by atoms with van der Waals surface area (Å²) in [6.07, 6.45) is 0.383. The molecule has 1 amide bonds. The van der Waals surface area contributed by atoms with E-state index in [2.05, 4.69) is 20.1 Å². The van der Waals surface area contributed by atoms with Crippen LogP contribution in [-0.4, -0.2) is 59.3 Å². The highest BCUT2D eigenvalue weighted by molar-refractivity contribution is 7.99. The number of fused-ring (bicyclic) bond motifs is 1. The van der Waals surface area contributed by atoms with Gasteiger partial charge in [-0.3, -0.25) is 9.42 Å². The Morgan fingerprint density at radius 3 is 2.59 bits per heavy atom. The normalized spacial score (nSPS) is 14.1. The van der Waals surface area contributed by atoms with Gasteiger partial charge in [-0.1, -0.05) is 54.2 Å². The summed E-state index contributed by atoms with van der Waals surface area (Å²) in [6, 6.07) is 23.2. The van der Waals surface area contributed by atoms with Crippen molar-refractivity contribution in [3.63, 3.8) is 0 Å². The zero-order chi connectivity index (χ0) is 30.7. The molecule has 1 aliphatic heterocycles. The fourth-order valence-electron chi connectivity index (χ4n) is 4.90. The first-order valence-corrected chi connectivity index (χ1v) is 16.3. The average molecular weight is 633 g/mol. The standard InChI is InChI=1S/C30H28N6O6S2/c1-20-8-7-9-21(18-20)31-27-24-12-5-6-13-25(24)32-30(33-27)43-19-26(37)35-16-14-22(15-17-35)41-28-29(36(38)42-34-28)44(39,40)23-10-3-2-4-11-23/h2-13,18,22H,14-17,19H2,1H3,(H,31,32,33). The molecule has 1 N–H and O–H groups in total. The quantitative estimate of drug-likeness (QED) is 0.141. The number of rotatable bonds is 9. The number of ether oxygens (including phenoxy) is 1. The number of amides is 1. The van der Waals surface area contributed by atoms with Crippen molar-refractivity contribution in [2.75, 3.05) is 24.2 Å². The topological polar surface area (TPSA) is 154 Å². The Hall–Kier alpha value is -4.69. The number of carbonyl (C=O) groups is 1. The SMILES string of the molecule is Cc1cccc(Nc2nc(SCC(=O)N3CCC(Oc4no[n+]([O-])c4S(=O)(=O)c4ccccc4)CC3)nc3ccccc23)c1. The van der Waals surface area contributed by atoms with Crippen molar-refractivity contribution in [1.82, 2.24) is 20.0 Å². The van der Waals surface area contributed by atoms with Gasteiger partial charge in [-0.05, 0) is 53.8 Å². The van der Waals surface area contributed by atoms with Crippen LogP contribution in [0.4, 0.5) is 11.5 Å². The minimum atomic E-state index is -4.22. The lowest BCUT2D eigenvalue weighted by Crippen LogP contribution is -2.42. The van der Waals surface area contributed by atoms with Gasteiger partial charge in [0.1, 0.15) is 11.9 Å². The van der Waals surface area contributed by atoms with Gasteiger partial charge >= 0.3 is 10.9 Å². The molecule has 0 aliphatic carbocycles. The highest BCUT2D eigenvalue weighted by Gasteiger charge is 2.37. The number of sulfone groups is 1. The molecule has 5 aromatic rings. The van der Waals surface area contributed by atoms with Crippen LogP contribution in [0.3, 0.4) is 0 Å². The van der Waals surface area contributed by atoms with Gasteiger partial charge in [0.2, 0.25) is 5.91 Å². The molecule has 1 fully saturated rings. The average Bonchev–Trinajstić information content (AvgIpc) is 3.41. The van der Waals surface area contributed by atoms with E-state index in [0.29, 0.717) is 36.9 Å². The smallest absolute Gasteiger partial charge is 0.415 e. The van der Waals surface area contributed by atoms with E-state index < -0.39 is 26.8 Å². The molecular weight excluding hydrogens is 605 g/mol. The Kier molecular flexibility index (Phi) is 8.35. The van der Waals surface area contributed by atoms with Crippen molar-refractivity contribution in [1.29, 1.82) is 0 Å². The van der Waals surface area contributed by atoms with Crippen molar-refractivity contribution in [2.24, 2.45) is 0 Å². The number of para-hydroxylation sites is 1. The van der Waals surface area contributed by atoms with Crippen LogP contribution in [0, 0.1) is 12.1 Å². The van der Waals surface area contributed by atoms with Gasteiger partial charge in [-0.15, -0.1) is 0 Å². The van der Waals surface area contributed by atoms with Crippen LogP contribution in [0.25, 0.3) is 10.9 Å². The summed E-state index contributed by atoms with van der Waals surface area (Å²) < 4.78 is 36.5. The number of nitrogens with zero attached hydrogens (tertiary/aromatic N) is 5. The van der Waals surface area contributed by atoms with Gasteiger partial charge in [0.25, 0.3) is 9.84 Å². The van der Waals surface area contributed by atoms with Gasteiger partial charge in [0.05, 0.1) is 21.3 Å². The van der Waals surface area contributed by atoms with Crippen molar-refractivity contribution < 1.29 is 27.5 Å². The number of nitrogens with one attached hydrogen (secondary N) is 1. The number of aromatic nitrogens is 4. The number of likely N-dealkylation sites (tertiary alicyclic amines) is 1. The fourth-order valence-corrected chi connectivity index (χ4v) is 6.94. The summed E-state index contributed by atoms with van der Waals surface area (Å²) in [5.41, 5.74) is 2.80. The Balaban J connectivity index is 1.08. The molecule has 1 aliphatic rings. The van der Waals surface area contributed by atoms with Gasteiger partial charge in [0, 0.05) is 37.0 Å². The summed E-state index contributed by atoms with van der Waals surface area (Å²) in [4.78, 5) is 23.9. The van der Waals surface area contributed by atoms with E-state index in [9.17, 15) is 18.4 Å². The maximum absolute atomic E-state index is 13.1. The van der Waals surface area contributed by atoms with E-state index in [1.807, 2.05) is 55.5 Å². The van der Waals surface area contributed by atoms with E-state index >= 15 is 0 Å². The number of piperidine rings is 1. The number of aryl methyl sites for hydroxylation is 1. The van der Waals surface area contributed by atoms with Crippen LogP contribution >= 0.6 is 11.8 Å². The molecule has 0 radical (unpaired) electrons. The molecule has 0 unspecified atom stereocenters.